The average molecular weight is 342 g/mol. The van der Waals surface area contributed by atoms with E-state index in [1.54, 1.807) is 7.11 Å². The summed E-state index contributed by atoms with van der Waals surface area (Å²) in [6.45, 7) is 4.44. The Labute approximate surface area is 147 Å². The third-order valence-electron chi connectivity index (χ3n) is 3.85. The molecule has 0 aliphatic heterocycles. The fourth-order valence-electron chi connectivity index (χ4n) is 2.28. The van der Waals surface area contributed by atoms with Crippen molar-refractivity contribution in [1.29, 1.82) is 0 Å². The first-order valence-corrected chi connectivity index (χ1v) is 7.93. The molecule has 132 valence electrons. The SMILES string of the molecule is COCCN(CC(=O)Nc1cccc(C)c1C)C(=O)c1cnccn1. The molecule has 0 radical (unpaired) electrons. The Kier molecular flexibility index (Phi) is 6.59. The van der Waals surface area contributed by atoms with Crippen molar-refractivity contribution in [3.8, 4) is 0 Å². The molecular weight excluding hydrogens is 320 g/mol. The van der Waals surface area contributed by atoms with Crippen LogP contribution in [0.5, 0.6) is 0 Å². The van der Waals surface area contributed by atoms with Gasteiger partial charge in [-0.2, -0.15) is 0 Å². The molecule has 0 bridgehead atoms. The summed E-state index contributed by atoms with van der Waals surface area (Å²) < 4.78 is 5.03. The second-order valence-corrected chi connectivity index (χ2v) is 5.61. The molecule has 0 saturated carbocycles. The molecule has 0 fully saturated rings. The van der Waals surface area contributed by atoms with Crippen LogP contribution in [-0.4, -0.2) is 53.5 Å². The molecule has 0 aliphatic rings. The van der Waals surface area contributed by atoms with Crippen LogP contribution in [0.25, 0.3) is 0 Å². The maximum absolute atomic E-state index is 12.5. The molecule has 1 heterocycles. The molecule has 25 heavy (non-hydrogen) atoms. The van der Waals surface area contributed by atoms with E-state index in [2.05, 4.69) is 15.3 Å². The van der Waals surface area contributed by atoms with Crippen molar-refractivity contribution in [2.75, 3.05) is 32.1 Å². The predicted molar refractivity (Wildman–Crippen MR) is 94.4 cm³/mol. The van der Waals surface area contributed by atoms with Crippen molar-refractivity contribution < 1.29 is 14.3 Å². The first kappa shape index (κ1) is 18.5. The van der Waals surface area contributed by atoms with Gasteiger partial charge in [-0.1, -0.05) is 12.1 Å². The number of carbonyl (C=O) groups excluding carboxylic acids is 2. The number of anilines is 1. The molecule has 2 aromatic rings. The highest BCUT2D eigenvalue weighted by molar-refractivity contribution is 5.98. The normalized spacial score (nSPS) is 10.4. The zero-order valence-electron chi connectivity index (χ0n) is 14.7. The molecule has 7 nitrogen and oxygen atoms in total. The summed E-state index contributed by atoms with van der Waals surface area (Å²) in [6.07, 6.45) is 4.31. The third kappa shape index (κ3) is 5.09. The number of aromatic nitrogens is 2. The molecule has 1 aromatic heterocycles. The molecule has 1 N–H and O–H groups in total. The molecule has 0 saturated heterocycles. The molecule has 0 unspecified atom stereocenters. The topological polar surface area (TPSA) is 84.4 Å². The minimum absolute atomic E-state index is 0.0911. The van der Waals surface area contributed by atoms with E-state index in [1.165, 1.54) is 23.5 Å². The number of nitrogens with zero attached hydrogens (tertiary/aromatic N) is 3. The maximum atomic E-state index is 12.5. The fraction of sp³-hybridized carbons (Fsp3) is 0.333. The number of aryl methyl sites for hydroxylation is 1. The van der Waals surface area contributed by atoms with Crippen LogP contribution in [0, 0.1) is 13.8 Å². The van der Waals surface area contributed by atoms with E-state index in [9.17, 15) is 9.59 Å². The Morgan fingerprint density at radius 2 is 2.04 bits per heavy atom. The van der Waals surface area contributed by atoms with Crippen molar-refractivity contribution in [3.05, 3.63) is 53.6 Å². The van der Waals surface area contributed by atoms with E-state index >= 15 is 0 Å². The zero-order chi connectivity index (χ0) is 18.2. The summed E-state index contributed by atoms with van der Waals surface area (Å²) in [5.41, 5.74) is 3.02. The molecule has 0 atom stereocenters. The zero-order valence-corrected chi connectivity index (χ0v) is 14.7. The maximum Gasteiger partial charge on any atom is 0.274 e. The Morgan fingerprint density at radius 3 is 2.72 bits per heavy atom. The lowest BCUT2D eigenvalue weighted by Gasteiger charge is -2.21. The van der Waals surface area contributed by atoms with E-state index in [-0.39, 0.29) is 30.6 Å². The number of ether oxygens (including phenoxy) is 1. The average Bonchev–Trinajstić information content (AvgIpc) is 2.62. The number of rotatable bonds is 7. The summed E-state index contributed by atoms with van der Waals surface area (Å²) in [5.74, 6) is -0.636. The van der Waals surface area contributed by atoms with Gasteiger partial charge >= 0.3 is 0 Å². The van der Waals surface area contributed by atoms with Gasteiger partial charge in [-0.25, -0.2) is 4.98 Å². The summed E-state index contributed by atoms with van der Waals surface area (Å²) in [7, 11) is 1.54. The second kappa shape index (κ2) is 8.89. The Morgan fingerprint density at radius 1 is 1.24 bits per heavy atom. The van der Waals surface area contributed by atoms with Crippen molar-refractivity contribution >= 4 is 17.5 Å². The minimum Gasteiger partial charge on any atom is -0.383 e. The lowest BCUT2D eigenvalue weighted by molar-refractivity contribution is -0.117. The van der Waals surface area contributed by atoms with Gasteiger partial charge in [-0.15, -0.1) is 0 Å². The molecule has 0 aliphatic carbocycles. The first-order chi connectivity index (χ1) is 12.0. The van der Waals surface area contributed by atoms with Crippen molar-refractivity contribution in [3.63, 3.8) is 0 Å². The first-order valence-electron chi connectivity index (χ1n) is 7.93. The van der Waals surface area contributed by atoms with Crippen molar-refractivity contribution in [2.24, 2.45) is 0 Å². The van der Waals surface area contributed by atoms with Crippen LogP contribution in [0.1, 0.15) is 21.6 Å². The number of amides is 2. The summed E-state index contributed by atoms with van der Waals surface area (Å²) >= 11 is 0. The van der Waals surface area contributed by atoms with Crippen LogP contribution in [0.4, 0.5) is 5.69 Å². The summed E-state index contributed by atoms with van der Waals surface area (Å²) in [5, 5.41) is 2.85. The minimum atomic E-state index is -0.360. The van der Waals surface area contributed by atoms with Gasteiger partial charge in [0.05, 0.1) is 12.8 Å². The number of carbonyl (C=O) groups is 2. The lowest BCUT2D eigenvalue weighted by atomic mass is 10.1. The van der Waals surface area contributed by atoms with E-state index in [1.807, 2.05) is 32.0 Å². The van der Waals surface area contributed by atoms with E-state index in [4.69, 9.17) is 4.74 Å². The van der Waals surface area contributed by atoms with Gasteiger partial charge in [0, 0.05) is 31.7 Å². The van der Waals surface area contributed by atoms with Gasteiger partial charge in [0.2, 0.25) is 5.91 Å². The van der Waals surface area contributed by atoms with Gasteiger partial charge in [-0.3, -0.25) is 14.6 Å². The molecule has 2 amide bonds. The van der Waals surface area contributed by atoms with Gasteiger partial charge in [0.25, 0.3) is 5.91 Å². The second-order valence-electron chi connectivity index (χ2n) is 5.61. The monoisotopic (exact) mass is 342 g/mol. The number of benzene rings is 1. The largest absolute Gasteiger partial charge is 0.383 e. The third-order valence-corrected chi connectivity index (χ3v) is 3.85. The van der Waals surface area contributed by atoms with Crippen LogP contribution < -0.4 is 5.32 Å². The molecular formula is C18H22N4O3. The van der Waals surface area contributed by atoms with Crippen LogP contribution >= 0.6 is 0 Å². The van der Waals surface area contributed by atoms with Crippen LogP contribution in [0.15, 0.2) is 36.8 Å². The quantitative estimate of drug-likeness (QED) is 0.830. The molecule has 1 aromatic carbocycles. The summed E-state index contributed by atoms with van der Waals surface area (Å²) in [6, 6.07) is 5.70. The molecule has 7 heteroatoms. The molecule has 2 rings (SSSR count). The van der Waals surface area contributed by atoms with Crippen molar-refractivity contribution in [1.82, 2.24) is 14.9 Å². The Bertz CT molecular complexity index is 734. The number of nitrogens with one attached hydrogen (secondary N) is 1. The van der Waals surface area contributed by atoms with Crippen LogP contribution in [0.3, 0.4) is 0 Å². The number of hydrogen-bond donors (Lipinski definition) is 1. The van der Waals surface area contributed by atoms with Gasteiger partial charge < -0.3 is 15.0 Å². The standard InChI is InChI=1S/C18H22N4O3/c1-13-5-4-6-15(14(13)2)21-17(23)12-22(9-10-25-3)18(24)16-11-19-7-8-20-16/h4-8,11H,9-10,12H2,1-3H3,(H,21,23). The highest BCUT2D eigenvalue weighted by atomic mass is 16.5. The van der Waals surface area contributed by atoms with Gasteiger partial charge in [0.15, 0.2) is 0 Å². The van der Waals surface area contributed by atoms with Gasteiger partial charge in [-0.05, 0) is 31.0 Å². The van der Waals surface area contributed by atoms with Gasteiger partial charge in [0.1, 0.15) is 12.2 Å². The summed E-state index contributed by atoms with van der Waals surface area (Å²) in [4.78, 5) is 34.2. The lowest BCUT2D eigenvalue weighted by Crippen LogP contribution is -2.40. The van der Waals surface area contributed by atoms with E-state index in [0.717, 1.165) is 16.8 Å². The fourth-order valence-corrected chi connectivity index (χ4v) is 2.28. The smallest absolute Gasteiger partial charge is 0.274 e. The number of methoxy groups -OCH3 is 1. The van der Waals surface area contributed by atoms with E-state index in [0.29, 0.717) is 6.61 Å². The van der Waals surface area contributed by atoms with Crippen LogP contribution in [-0.2, 0) is 9.53 Å². The highest BCUT2D eigenvalue weighted by Crippen LogP contribution is 2.17. The highest BCUT2D eigenvalue weighted by Gasteiger charge is 2.20. The van der Waals surface area contributed by atoms with Crippen LogP contribution in [0.2, 0.25) is 0 Å². The van der Waals surface area contributed by atoms with Crippen molar-refractivity contribution in [2.45, 2.75) is 13.8 Å². The Balaban J connectivity index is 2.09. The van der Waals surface area contributed by atoms with E-state index < -0.39 is 0 Å². The Hall–Kier alpha value is -2.80. The molecule has 0 spiro atoms. The predicted octanol–water partition coefficient (Wildman–Crippen LogP) is 1.82. The number of hydrogen-bond acceptors (Lipinski definition) is 5.